The molecule has 0 radical (unpaired) electrons. The average molecular weight is 574 g/mol. The van der Waals surface area contributed by atoms with Crippen LogP contribution < -0.4 is 10.6 Å². The SMILES string of the molecule is CC(C)c1ccc(NC(=O)[C@H]2[C@H]3C=C[C@@]4(O3)[C@H]2C(=O)N(Cc2ccccc2F)[C@@H]4C(=O)N[C@@H]2CCC[C@H](C)[C@@H]2C)cc1. The number of rotatable bonds is 7. The van der Waals surface area contributed by atoms with E-state index < -0.39 is 35.4 Å². The molecule has 0 aromatic heterocycles. The number of amides is 3. The van der Waals surface area contributed by atoms with E-state index in [9.17, 15) is 18.8 Å². The van der Waals surface area contributed by atoms with Crippen LogP contribution in [0.15, 0.2) is 60.7 Å². The third-order valence-electron chi connectivity index (χ3n) is 10.1. The van der Waals surface area contributed by atoms with Gasteiger partial charge < -0.3 is 20.3 Å². The lowest BCUT2D eigenvalue weighted by Gasteiger charge is -2.38. The predicted octanol–water partition coefficient (Wildman–Crippen LogP) is 5.18. The first-order chi connectivity index (χ1) is 20.1. The maximum atomic E-state index is 14.8. The van der Waals surface area contributed by atoms with E-state index in [1.165, 1.54) is 11.0 Å². The van der Waals surface area contributed by atoms with E-state index in [2.05, 4.69) is 38.3 Å². The Morgan fingerprint density at radius 2 is 1.81 bits per heavy atom. The molecule has 7 nitrogen and oxygen atoms in total. The molecule has 222 valence electrons. The summed E-state index contributed by atoms with van der Waals surface area (Å²) in [7, 11) is 0. The Balaban J connectivity index is 1.31. The van der Waals surface area contributed by atoms with Gasteiger partial charge in [-0.05, 0) is 47.9 Å². The molecule has 42 heavy (non-hydrogen) atoms. The Kier molecular flexibility index (Phi) is 7.46. The van der Waals surface area contributed by atoms with Crippen molar-refractivity contribution in [1.29, 1.82) is 0 Å². The zero-order valence-corrected chi connectivity index (χ0v) is 24.7. The van der Waals surface area contributed by atoms with Crippen LogP contribution in [-0.4, -0.2) is 46.4 Å². The lowest BCUT2D eigenvalue weighted by Crippen LogP contribution is -2.57. The number of nitrogens with one attached hydrogen (secondary N) is 2. The molecular formula is C34H40FN3O4. The normalized spacial score (nSPS) is 33.2. The van der Waals surface area contributed by atoms with Crippen LogP contribution in [0.3, 0.4) is 0 Å². The highest BCUT2D eigenvalue weighted by atomic mass is 19.1. The summed E-state index contributed by atoms with van der Waals surface area (Å²) in [6.07, 6.45) is 5.96. The molecule has 1 spiro atoms. The first-order valence-corrected chi connectivity index (χ1v) is 15.2. The topological polar surface area (TPSA) is 87.7 Å². The van der Waals surface area contributed by atoms with E-state index in [0.717, 1.165) is 24.8 Å². The Bertz CT molecular complexity index is 1410. The molecular weight excluding hydrogens is 533 g/mol. The van der Waals surface area contributed by atoms with Crippen LogP contribution in [0.4, 0.5) is 10.1 Å². The van der Waals surface area contributed by atoms with Crippen LogP contribution in [0.2, 0.25) is 0 Å². The second-order valence-electron chi connectivity index (χ2n) is 12.9. The molecule has 3 aliphatic heterocycles. The quantitative estimate of drug-likeness (QED) is 0.447. The van der Waals surface area contributed by atoms with Crippen LogP contribution in [0.1, 0.15) is 64.0 Å². The molecule has 2 saturated heterocycles. The van der Waals surface area contributed by atoms with E-state index in [1.807, 2.05) is 24.3 Å². The van der Waals surface area contributed by atoms with Crippen LogP contribution in [0.25, 0.3) is 0 Å². The summed E-state index contributed by atoms with van der Waals surface area (Å²) < 4.78 is 21.3. The first-order valence-electron chi connectivity index (χ1n) is 15.2. The third-order valence-corrected chi connectivity index (χ3v) is 10.1. The Labute approximate surface area is 246 Å². The smallest absolute Gasteiger partial charge is 0.246 e. The molecule has 8 heteroatoms. The maximum Gasteiger partial charge on any atom is 0.246 e. The number of hydrogen-bond donors (Lipinski definition) is 2. The van der Waals surface area contributed by atoms with Gasteiger partial charge in [0.1, 0.15) is 17.5 Å². The summed E-state index contributed by atoms with van der Waals surface area (Å²) in [6, 6.07) is 12.9. The minimum Gasteiger partial charge on any atom is -0.359 e. The Morgan fingerprint density at radius 1 is 1.07 bits per heavy atom. The largest absolute Gasteiger partial charge is 0.359 e. The van der Waals surface area contributed by atoms with Crippen LogP contribution in [0.5, 0.6) is 0 Å². The van der Waals surface area contributed by atoms with Crippen molar-refractivity contribution in [2.45, 2.75) is 83.2 Å². The van der Waals surface area contributed by atoms with Gasteiger partial charge in [0, 0.05) is 23.8 Å². The van der Waals surface area contributed by atoms with E-state index in [1.54, 1.807) is 30.4 Å². The van der Waals surface area contributed by atoms with Crippen molar-refractivity contribution in [1.82, 2.24) is 10.2 Å². The number of carbonyl (C=O) groups is 3. The molecule has 4 aliphatic rings. The van der Waals surface area contributed by atoms with Gasteiger partial charge in [0.05, 0.1) is 17.9 Å². The molecule has 6 rings (SSSR count). The number of anilines is 1. The number of hydrogen-bond acceptors (Lipinski definition) is 4. The van der Waals surface area contributed by atoms with Gasteiger partial charge in [-0.25, -0.2) is 4.39 Å². The number of nitrogens with zero attached hydrogens (tertiary/aromatic N) is 1. The summed E-state index contributed by atoms with van der Waals surface area (Å²) in [5.41, 5.74) is 0.797. The summed E-state index contributed by atoms with van der Waals surface area (Å²) in [4.78, 5) is 43.6. The van der Waals surface area contributed by atoms with Crippen molar-refractivity contribution in [3.63, 3.8) is 0 Å². The van der Waals surface area contributed by atoms with Crippen molar-refractivity contribution in [2.24, 2.45) is 23.7 Å². The standard InChI is InChI=1S/C34H40FN3O4/c1-19(2)22-12-14-24(15-13-22)36-31(39)28-27-16-17-34(42-27)29(28)33(41)38(18-23-9-5-6-10-25(23)35)30(34)32(40)37-26-11-7-8-20(3)21(26)4/h5-6,9-10,12-17,19-21,26-30H,7-8,11,18H2,1-4H3,(H,36,39)(H,37,40)/t20-,21-,26+,27+,28-,29+,30+,34+/m0/s1. The van der Waals surface area contributed by atoms with Crippen LogP contribution >= 0.6 is 0 Å². The zero-order chi connectivity index (χ0) is 29.8. The maximum absolute atomic E-state index is 14.8. The van der Waals surface area contributed by atoms with Gasteiger partial charge in [-0.1, -0.05) is 83.0 Å². The van der Waals surface area contributed by atoms with Gasteiger partial charge in [0.15, 0.2) is 0 Å². The molecule has 0 unspecified atom stereocenters. The molecule has 2 bridgehead atoms. The highest BCUT2D eigenvalue weighted by Gasteiger charge is 2.72. The molecule has 2 N–H and O–H groups in total. The van der Waals surface area contributed by atoms with Gasteiger partial charge in [-0.3, -0.25) is 14.4 Å². The third kappa shape index (κ3) is 4.74. The minimum absolute atomic E-state index is 0.0300. The second-order valence-corrected chi connectivity index (χ2v) is 12.9. The second kappa shape index (κ2) is 11.0. The monoisotopic (exact) mass is 573 g/mol. The van der Waals surface area contributed by atoms with Gasteiger partial charge in [0.2, 0.25) is 17.7 Å². The highest BCUT2D eigenvalue weighted by Crippen LogP contribution is 2.55. The van der Waals surface area contributed by atoms with Gasteiger partial charge in [-0.15, -0.1) is 0 Å². The zero-order valence-electron chi connectivity index (χ0n) is 24.7. The van der Waals surface area contributed by atoms with Crippen LogP contribution in [0, 0.1) is 29.5 Å². The number of halogens is 1. The lowest BCUT2D eigenvalue weighted by atomic mass is 9.73. The Hall–Kier alpha value is -3.52. The predicted molar refractivity (Wildman–Crippen MR) is 158 cm³/mol. The lowest BCUT2D eigenvalue weighted by molar-refractivity contribution is -0.142. The van der Waals surface area contributed by atoms with Gasteiger partial charge >= 0.3 is 0 Å². The van der Waals surface area contributed by atoms with E-state index in [4.69, 9.17) is 4.74 Å². The Morgan fingerprint density at radius 3 is 2.52 bits per heavy atom. The summed E-state index contributed by atoms with van der Waals surface area (Å²) in [5, 5.41) is 6.21. The summed E-state index contributed by atoms with van der Waals surface area (Å²) in [6.45, 7) is 8.47. The van der Waals surface area contributed by atoms with Crippen molar-refractivity contribution >= 4 is 23.4 Å². The fourth-order valence-corrected chi connectivity index (χ4v) is 7.47. The average Bonchev–Trinajstić information content (AvgIpc) is 3.60. The molecule has 8 atom stereocenters. The fourth-order valence-electron chi connectivity index (χ4n) is 7.47. The number of likely N-dealkylation sites (tertiary alicyclic amines) is 1. The molecule has 3 fully saturated rings. The molecule has 1 saturated carbocycles. The van der Waals surface area contributed by atoms with Crippen molar-refractivity contribution in [3.05, 3.63) is 77.6 Å². The number of benzene rings is 2. The first kappa shape index (κ1) is 28.6. The number of ether oxygens (including phenoxy) is 1. The van der Waals surface area contributed by atoms with Crippen molar-refractivity contribution in [2.75, 3.05) is 5.32 Å². The van der Waals surface area contributed by atoms with Gasteiger partial charge in [-0.2, -0.15) is 0 Å². The molecule has 2 aromatic carbocycles. The van der Waals surface area contributed by atoms with E-state index in [-0.39, 0.29) is 36.2 Å². The fraction of sp³-hybridized carbons (Fsp3) is 0.500. The summed E-state index contributed by atoms with van der Waals surface area (Å²) >= 11 is 0. The highest BCUT2D eigenvalue weighted by molar-refractivity contribution is 6.02. The number of fused-ring (bicyclic) bond motifs is 1. The molecule has 1 aliphatic carbocycles. The van der Waals surface area contributed by atoms with Gasteiger partial charge in [0.25, 0.3) is 0 Å². The van der Waals surface area contributed by atoms with Crippen LogP contribution in [-0.2, 0) is 25.7 Å². The summed E-state index contributed by atoms with van der Waals surface area (Å²) in [5.74, 6) is -2.07. The minimum atomic E-state index is -1.30. The molecule has 2 aromatic rings. The van der Waals surface area contributed by atoms with E-state index >= 15 is 0 Å². The molecule has 3 heterocycles. The number of carbonyl (C=O) groups excluding carboxylic acids is 3. The van der Waals surface area contributed by atoms with Crippen molar-refractivity contribution in [3.8, 4) is 0 Å². The molecule has 3 amide bonds. The van der Waals surface area contributed by atoms with Crippen molar-refractivity contribution < 1.29 is 23.5 Å². The van der Waals surface area contributed by atoms with E-state index in [0.29, 0.717) is 23.1 Å².